The van der Waals surface area contributed by atoms with Crippen LogP contribution in [0.3, 0.4) is 0 Å². The molecule has 0 aliphatic heterocycles. The van der Waals surface area contributed by atoms with E-state index in [2.05, 4.69) is 5.32 Å². The van der Waals surface area contributed by atoms with Crippen molar-refractivity contribution in [1.29, 1.82) is 0 Å². The minimum Gasteiger partial charge on any atom is -0.491 e. The predicted molar refractivity (Wildman–Crippen MR) is 82.3 cm³/mol. The van der Waals surface area contributed by atoms with Gasteiger partial charge in [0.25, 0.3) is 0 Å². The number of carbonyl (C=O) groups is 1. The molecule has 0 bridgehead atoms. The highest BCUT2D eigenvalue weighted by atomic mass is 16.5. The van der Waals surface area contributed by atoms with Crippen LogP contribution in [0.4, 0.5) is 0 Å². The molecule has 116 valence electrons. The zero-order valence-electron chi connectivity index (χ0n) is 13.1. The fraction of sp³-hybridized carbons (Fsp3) is 0.588. The Hall–Kier alpha value is -1.55. The van der Waals surface area contributed by atoms with Crippen LogP contribution >= 0.6 is 0 Å². The molecule has 0 aromatic heterocycles. The summed E-state index contributed by atoms with van der Waals surface area (Å²) in [6, 6.07) is 7.83. The predicted octanol–water partition coefficient (Wildman–Crippen LogP) is 3.05. The van der Waals surface area contributed by atoms with Crippen molar-refractivity contribution >= 4 is 5.91 Å². The van der Waals surface area contributed by atoms with E-state index in [0.29, 0.717) is 13.0 Å². The van der Waals surface area contributed by atoms with Gasteiger partial charge in [-0.2, -0.15) is 0 Å². The standard InChI is InChI=1S/C17H25NO3/c1-13(2)21-15-7-5-14(6-8-15)12-18-16(19)11-17(20-3)9-4-10-17/h5-8,13H,4,9-12H2,1-3H3,(H,18,19). The van der Waals surface area contributed by atoms with Gasteiger partial charge in [0.2, 0.25) is 5.91 Å². The van der Waals surface area contributed by atoms with Crippen molar-refractivity contribution in [2.75, 3.05) is 7.11 Å². The minimum absolute atomic E-state index is 0.0547. The number of rotatable bonds is 7. The summed E-state index contributed by atoms with van der Waals surface area (Å²) >= 11 is 0. The van der Waals surface area contributed by atoms with Gasteiger partial charge in [0.15, 0.2) is 0 Å². The van der Waals surface area contributed by atoms with Gasteiger partial charge in [0.1, 0.15) is 5.75 Å². The van der Waals surface area contributed by atoms with Gasteiger partial charge in [-0.05, 0) is 50.8 Å². The average molecular weight is 291 g/mol. The Balaban J connectivity index is 1.78. The van der Waals surface area contributed by atoms with Crippen LogP contribution in [0.25, 0.3) is 0 Å². The van der Waals surface area contributed by atoms with Crippen LogP contribution in [-0.2, 0) is 16.1 Å². The van der Waals surface area contributed by atoms with Crippen LogP contribution in [0.2, 0.25) is 0 Å². The quantitative estimate of drug-likeness (QED) is 0.840. The Morgan fingerprint density at radius 2 is 1.95 bits per heavy atom. The van der Waals surface area contributed by atoms with E-state index in [9.17, 15) is 4.79 Å². The van der Waals surface area contributed by atoms with Crippen LogP contribution in [-0.4, -0.2) is 24.7 Å². The Labute approximate surface area is 126 Å². The molecule has 1 aromatic rings. The van der Waals surface area contributed by atoms with Crippen molar-refractivity contribution < 1.29 is 14.3 Å². The third kappa shape index (κ3) is 4.46. The summed E-state index contributed by atoms with van der Waals surface area (Å²) in [5, 5.41) is 2.96. The molecule has 0 radical (unpaired) electrons. The highest BCUT2D eigenvalue weighted by molar-refractivity contribution is 5.77. The highest BCUT2D eigenvalue weighted by Crippen LogP contribution is 2.37. The molecule has 0 unspecified atom stereocenters. The van der Waals surface area contributed by atoms with Crippen LogP contribution < -0.4 is 10.1 Å². The summed E-state index contributed by atoms with van der Waals surface area (Å²) in [5.41, 5.74) is 0.860. The molecule has 0 heterocycles. The van der Waals surface area contributed by atoms with Crippen LogP contribution in [0, 0.1) is 0 Å². The van der Waals surface area contributed by atoms with Gasteiger partial charge >= 0.3 is 0 Å². The second kappa shape index (κ2) is 6.94. The second-order valence-electron chi connectivity index (χ2n) is 6.00. The molecule has 0 saturated heterocycles. The number of hydrogen-bond acceptors (Lipinski definition) is 3. The van der Waals surface area contributed by atoms with E-state index in [1.165, 1.54) is 0 Å². The SMILES string of the molecule is COC1(CC(=O)NCc2ccc(OC(C)C)cc2)CCC1. The number of hydrogen-bond donors (Lipinski definition) is 1. The fourth-order valence-corrected chi connectivity index (χ4v) is 2.54. The lowest BCUT2D eigenvalue weighted by atomic mass is 9.77. The van der Waals surface area contributed by atoms with Crippen LogP contribution in [0.15, 0.2) is 24.3 Å². The molecule has 1 aromatic carbocycles. The molecule has 2 rings (SSSR count). The van der Waals surface area contributed by atoms with E-state index in [4.69, 9.17) is 9.47 Å². The van der Waals surface area contributed by atoms with Crippen LogP contribution in [0.1, 0.15) is 45.1 Å². The van der Waals surface area contributed by atoms with Gasteiger partial charge in [-0.1, -0.05) is 12.1 Å². The molecule has 1 fully saturated rings. The van der Waals surface area contributed by atoms with E-state index in [1.54, 1.807) is 7.11 Å². The Morgan fingerprint density at radius 3 is 2.43 bits per heavy atom. The van der Waals surface area contributed by atoms with E-state index < -0.39 is 0 Å². The van der Waals surface area contributed by atoms with E-state index in [0.717, 1.165) is 30.6 Å². The number of methoxy groups -OCH3 is 1. The number of amides is 1. The molecule has 1 N–H and O–H groups in total. The third-order valence-electron chi connectivity index (χ3n) is 3.97. The first-order valence-electron chi connectivity index (χ1n) is 7.60. The smallest absolute Gasteiger partial charge is 0.223 e. The zero-order valence-corrected chi connectivity index (χ0v) is 13.1. The minimum atomic E-state index is -0.209. The molecule has 1 amide bonds. The summed E-state index contributed by atoms with van der Waals surface area (Å²) in [5.74, 6) is 0.909. The summed E-state index contributed by atoms with van der Waals surface area (Å²) in [4.78, 5) is 12.0. The molecule has 1 aliphatic carbocycles. The van der Waals surface area contributed by atoms with Crippen molar-refractivity contribution in [3.05, 3.63) is 29.8 Å². The second-order valence-corrected chi connectivity index (χ2v) is 6.00. The number of nitrogens with one attached hydrogen (secondary N) is 1. The first-order chi connectivity index (χ1) is 10.0. The number of benzene rings is 1. The molecule has 4 heteroatoms. The van der Waals surface area contributed by atoms with Crippen molar-refractivity contribution in [1.82, 2.24) is 5.32 Å². The van der Waals surface area contributed by atoms with Crippen molar-refractivity contribution in [3.63, 3.8) is 0 Å². The number of ether oxygens (including phenoxy) is 2. The van der Waals surface area contributed by atoms with Gasteiger partial charge in [-0.25, -0.2) is 0 Å². The molecule has 0 atom stereocenters. The van der Waals surface area contributed by atoms with E-state index in [-0.39, 0.29) is 17.6 Å². The maximum absolute atomic E-state index is 12.0. The number of carbonyl (C=O) groups excluding carboxylic acids is 1. The lowest BCUT2D eigenvalue weighted by molar-refractivity contribution is -0.134. The lowest BCUT2D eigenvalue weighted by Gasteiger charge is -2.39. The van der Waals surface area contributed by atoms with Crippen LogP contribution in [0.5, 0.6) is 5.75 Å². The van der Waals surface area contributed by atoms with Gasteiger partial charge in [0, 0.05) is 13.7 Å². The lowest BCUT2D eigenvalue weighted by Crippen LogP contribution is -2.43. The van der Waals surface area contributed by atoms with Crippen molar-refractivity contribution in [2.45, 2.75) is 57.8 Å². The molecule has 0 spiro atoms. The van der Waals surface area contributed by atoms with Crippen molar-refractivity contribution in [3.8, 4) is 5.75 Å². The summed E-state index contributed by atoms with van der Waals surface area (Å²) in [6.07, 6.45) is 3.75. The average Bonchev–Trinajstić information content (AvgIpc) is 2.41. The normalized spacial score (nSPS) is 16.4. The van der Waals surface area contributed by atoms with Gasteiger partial charge in [-0.15, -0.1) is 0 Å². The largest absolute Gasteiger partial charge is 0.491 e. The Kier molecular flexibility index (Phi) is 5.23. The van der Waals surface area contributed by atoms with Crippen molar-refractivity contribution in [2.24, 2.45) is 0 Å². The molecular formula is C17H25NO3. The summed E-state index contributed by atoms with van der Waals surface area (Å²) in [6.45, 7) is 4.54. The van der Waals surface area contributed by atoms with E-state index in [1.807, 2.05) is 38.1 Å². The first kappa shape index (κ1) is 15.8. The molecule has 4 nitrogen and oxygen atoms in total. The Morgan fingerprint density at radius 1 is 1.29 bits per heavy atom. The summed E-state index contributed by atoms with van der Waals surface area (Å²) in [7, 11) is 1.69. The Bertz CT molecular complexity index is 458. The first-order valence-corrected chi connectivity index (χ1v) is 7.60. The topological polar surface area (TPSA) is 47.6 Å². The fourth-order valence-electron chi connectivity index (χ4n) is 2.54. The summed E-state index contributed by atoms with van der Waals surface area (Å²) < 4.78 is 11.1. The third-order valence-corrected chi connectivity index (χ3v) is 3.97. The highest BCUT2D eigenvalue weighted by Gasteiger charge is 2.38. The molecule has 21 heavy (non-hydrogen) atoms. The van der Waals surface area contributed by atoms with Gasteiger partial charge in [0.05, 0.1) is 18.1 Å². The van der Waals surface area contributed by atoms with E-state index >= 15 is 0 Å². The monoisotopic (exact) mass is 291 g/mol. The zero-order chi connectivity index (χ0) is 15.3. The molecule has 1 aliphatic rings. The maximum Gasteiger partial charge on any atom is 0.223 e. The molecule has 1 saturated carbocycles. The van der Waals surface area contributed by atoms with Gasteiger partial charge in [-0.3, -0.25) is 4.79 Å². The molecular weight excluding hydrogens is 266 g/mol. The van der Waals surface area contributed by atoms with Gasteiger partial charge < -0.3 is 14.8 Å². The maximum atomic E-state index is 12.0.